The Bertz CT molecular complexity index is 568. The van der Waals surface area contributed by atoms with Crippen LogP contribution in [-0.4, -0.2) is 25.0 Å². The molecule has 24 heavy (non-hydrogen) atoms. The standard InChI is InChI=1S/C18H24F2N2O2/c19-16(20)10-24-15-7-2-1-6-14(15)22-18(23)13-8-11-4-3-5-12(9-13)17(11)21/h1-2,6-7,11-13,16-17H,3-5,8-10,21H2,(H,22,23). The molecule has 0 spiro atoms. The summed E-state index contributed by atoms with van der Waals surface area (Å²) in [6.07, 6.45) is 2.45. The number of benzene rings is 1. The lowest BCUT2D eigenvalue weighted by atomic mass is 9.65. The number of hydrogen-bond acceptors (Lipinski definition) is 3. The number of nitrogens with one attached hydrogen (secondary N) is 1. The van der Waals surface area contributed by atoms with Gasteiger partial charge in [0.15, 0.2) is 0 Å². The number of para-hydroxylation sites is 2. The molecule has 132 valence electrons. The summed E-state index contributed by atoms with van der Waals surface area (Å²) in [6.45, 7) is -0.685. The summed E-state index contributed by atoms with van der Waals surface area (Å²) in [5, 5.41) is 2.86. The largest absolute Gasteiger partial charge is 0.485 e. The lowest BCUT2D eigenvalue weighted by Crippen LogP contribution is -2.48. The van der Waals surface area contributed by atoms with Crippen molar-refractivity contribution in [3.05, 3.63) is 24.3 Å². The van der Waals surface area contributed by atoms with Gasteiger partial charge in [-0.25, -0.2) is 8.78 Å². The van der Waals surface area contributed by atoms with Crippen LogP contribution >= 0.6 is 0 Å². The lowest BCUT2D eigenvalue weighted by Gasteiger charge is -2.43. The molecule has 0 aliphatic heterocycles. The van der Waals surface area contributed by atoms with Crippen LogP contribution in [0.4, 0.5) is 14.5 Å². The molecular formula is C18H24F2N2O2. The van der Waals surface area contributed by atoms with Crippen molar-refractivity contribution >= 4 is 11.6 Å². The second kappa shape index (κ2) is 7.47. The smallest absolute Gasteiger partial charge is 0.272 e. The molecule has 1 aromatic carbocycles. The van der Waals surface area contributed by atoms with E-state index < -0.39 is 13.0 Å². The first-order valence-electron chi connectivity index (χ1n) is 8.61. The number of fused-ring (bicyclic) bond motifs is 2. The molecule has 2 aliphatic carbocycles. The van der Waals surface area contributed by atoms with E-state index in [1.165, 1.54) is 6.42 Å². The molecule has 2 bridgehead atoms. The third-order valence-electron chi connectivity index (χ3n) is 5.29. The van der Waals surface area contributed by atoms with Crippen LogP contribution in [0.5, 0.6) is 5.75 Å². The van der Waals surface area contributed by atoms with Gasteiger partial charge in [0.1, 0.15) is 12.4 Å². The summed E-state index contributed by atoms with van der Waals surface area (Å²) in [7, 11) is 0. The van der Waals surface area contributed by atoms with E-state index in [9.17, 15) is 13.6 Å². The molecule has 2 unspecified atom stereocenters. The van der Waals surface area contributed by atoms with Gasteiger partial charge in [0.05, 0.1) is 5.69 Å². The highest BCUT2D eigenvalue weighted by molar-refractivity contribution is 5.94. The van der Waals surface area contributed by atoms with Crippen molar-refractivity contribution in [3.8, 4) is 5.75 Å². The van der Waals surface area contributed by atoms with E-state index in [0.29, 0.717) is 17.5 Å². The third-order valence-corrected chi connectivity index (χ3v) is 5.29. The van der Waals surface area contributed by atoms with Crippen molar-refractivity contribution in [2.75, 3.05) is 11.9 Å². The van der Waals surface area contributed by atoms with Crippen molar-refractivity contribution in [3.63, 3.8) is 0 Å². The fourth-order valence-electron chi connectivity index (χ4n) is 4.09. The first-order valence-corrected chi connectivity index (χ1v) is 8.61. The minimum absolute atomic E-state index is 0.0631. The minimum atomic E-state index is -2.55. The Kier molecular flexibility index (Phi) is 5.33. The molecule has 0 heterocycles. The van der Waals surface area contributed by atoms with Gasteiger partial charge in [0.2, 0.25) is 5.91 Å². The SMILES string of the molecule is NC1C2CCCC1CC(C(=O)Nc1ccccc1OCC(F)F)C2. The van der Waals surface area contributed by atoms with Gasteiger partial charge in [0, 0.05) is 12.0 Å². The number of carbonyl (C=O) groups is 1. The molecule has 2 atom stereocenters. The molecule has 1 aromatic rings. The molecule has 2 aliphatic rings. The predicted molar refractivity (Wildman–Crippen MR) is 88.1 cm³/mol. The molecule has 0 aromatic heterocycles. The predicted octanol–water partition coefficient (Wildman–Crippen LogP) is 3.42. The summed E-state index contributed by atoms with van der Waals surface area (Å²) in [4.78, 5) is 12.6. The molecular weight excluding hydrogens is 314 g/mol. The Morgan fingerprint density at radius 2 is 1.92 bits per heavy atom. The second-order valence-corrected chi connectivity index (χ2v) is 6.88. The highest BCUT2D eigenvalue weighted by Crippen LogP contribution is 2.42. The highest BCUT2D eigenvalue weighted by atomic mass is 19.3. The number of carbonyl (C=O) groups excluding carboxylic acids is 1. The number of nitrogens with two attached hydrogens (primary N) is 1. The van der Waals surface area contributed by atoms with Gasteiger partial charge in [-0.3, -0.25) is 4.79 Å². The van der Waals surface area contributed by atoms with Crippen molar-refractivity contribution in [2.45, 2.75) is 44.6 Å². The second-order valence-electron chi connectivity index (χ2n) is 6.88. The van der Waals surface area contributed by atoms with Crippen LogP contribution in [0.1, 0.15) is 32.1 Å². The van der Waals surface area contributed by atoms with Crippen molar-refractivity contribution in [1.82, 2.24) is 0 Å². The Balaban J connectivity index is 1.65. The molecule has 3 rings (SSSR count). The highest BCUT2D eigenvalue weighted by Gasteiger charge is 2.40. The van der Waals surface area contributed by atoms with Crippen molar-refractivity contribution in [1.29, 1.82) is 0 Å². The van der Waals surface area contributed by atoms with Crippen LogP contribution in [0.25, 0.3) is 0 Å². The normalized spacial score (nSPS) is 29.3. The van der Waals surface area contributed by atoms with Gasteiger partial charge >= 0.3 is 0 Å². The fraction of sp³-hybridized carbons (Fsp3) is 0.611. The summed E-state index contributed by atoms with van der Waals surface area (Å²) >= 11 is 0. The monoisotopic (exact) mass is 338 g/mol. The first-order chi connectivity index (χ1) is 11.5. The topological polar surface area (TPSA) is 64.4 Å². The molecule has 2 saturated carbocycles. The Morgan fingerprint density at radius 1 is 1.25 bits per heavy atom. The first kappa shape index (κ1) is 17.1. The number of hydrogen-bond donors (Lipinski definition) is 2. The zero-order chi connectivity index (χ0) is 17.1. The minimum Gasteiger partial charge on any atom is -0.485 e. The molecule has 4 nitrogen and oxygen atoms in total. The van der Waals surface area contributed by atoms with Gasteiger partial charge in [0.25, 0.3) is 6.43 Å². The van der Waals surface area contributed by atoms with Crippen LogP contribution in [0.2, 0.25) is 0 Å². The average molecular weight is 338 g/mol. The van der Waals surface area contributed by atoms with E-state index in [0.717, 1.165) is 25.7 Å². The lowest BCUT2D eigenvalue weighted by molar-refractivity contribution is -0.122. The number of amides is 1. The maximum atomic E-state index is 12.6. The molecule has 2 fully saturated rings. The van der Waals surface area contributed by atoms with Crippen LogP contribution in [0.15, 0.2) is 24.3 Å². The number of anilines is 1. The van der Waals surface area contributed by atoms with Crippen LogP contribution in [0.3, 0.4) is 0 Å². The number of alkyl halides is 2. The Hall–Kier alpha value is -1.69. The molecule has 0 saturated heterocycles. The van der Waals surface area contributed by atoms with Crippen LogP contribution in [-0.2, 0) is 4.79 Å². The van der Waals surface area contributed by atoms with Crippen LogP contribution < -0.4 is 15.8 Å². The van der Waals surface area contributed by atoms with Gasteiger partial charge in [-0.05, 0) is 49.7 Å². The quantitative estimate of drug-likeness (QED) is 0.864. The number of rotatable bonds is 5. The van der Waals surface area contributed by atoms with E-state index in [1.54, 1.807) is 24.3 Å². The summed E-state index contributed by atoms with van der Waals surface area (Å²) in [5.74, 6) is 0.978. The molecule has 3 N–H and O–H groups in total. The molecule has 1 amide bonds. The van der Waals surface area contributed by atoms with E-state index in [-0.39, 0.29) is 23.6 Å². The van der Waals surface area contributed by atoms with Crippen molar-refractivity contribution in [2.24, 2.45) is 23.5 Å². The maximum Gasteiger partial charge on any atom is 0.272 e. The number of halogens is 2. The van der Waals surface area contributed by atoms with Crippen molar-refractivity contribution < 1.29 is 18.3 Å². The maximum absolute atomic E-state index is 12.6. The van der Waals surface area contributed by atoms with Crippen LogP contribution in [0, 0.1) is 17.8 Å². The molecule has 6 heteroatoms. The summed E-state index contributed by atoms with van der Waals surface area (Å²) < 4.78 is 29.8. The zero-order valence-electron chi connectivity index (χ0n) is 13.6. The summed E-state index contributed by atoms with van der Waals surface area (Å²) in [6, 6.07) is 6.92. The van der Waals surface area contributed by atoms with Gasteiger partial charge in [-0.1, -0.05) is 18.6 Å². The average Bonchev–Trinajstić information content (AvgIpc) is 2.53. The zero-order valence-corrected chi connectivity index (χ0v) is 13.6. The van der Waals surface area contributed by atoms with Gasteiger partial charge in [-0.2, -0.15) is 0 Å². The van der Waals surface area contributed by atoms with Gasteiger partial charge in [-0.15, -0.1) is 0 Å². The van der Waals surface area contributed by atoms with Gasteiger partial charge < -0.3 is 15.8 Å². The Labute approximate surface area is 140 Å². The summed E-state index contributed by atoms with van der Waals surface area (Å²) in [5.41, 5.74) is 6.72. The van der Waals surface area contributed by atoms with E-state index in [4.69, 9.17) is 10.5 Å². The van der Waals surface area contributed by atoms with E-state index >= 15 is 0 Å². The van der Waals surface area contributed by atoms with E-state index in [1.807, 2.05) is 0 Å². The Morgan fingerprint density at radius 3 is 2.58 bits per heavy atom. The third kappa shape index (κ3) is 3.86. The fourth-order valence-corrected chi connectivity index (χ4v) is 4.09. The van der Waals surface area contributed by atoms with E-state index in [2.05, 4.69) is 5.32 Å². The molecule has 0 radical (unpaired) electrons. The number of ether oxygens (including phenoxy) is 1.